The molecular weight excluding hydrogens is 304 g/mol. The van der Waals surface area contributed by atoms with Crippen molar-refractivity contribution < 1.29 is 4.74 Å². The highest BCUT2D eigenvalue weighted by Gasteiger charge is 2.28. The summed E-state index contributed by atoms with van der Waals surface area (Å²) in [6.45, 7) is 2.33. The summed E-state index contributed by atoms with van der Waals surface area (Å²) in [5.41, 5.74) is 2.62. The molecule has 1 aliphatic carbocycles. The number of halogens is 1. The zero-order chi connectivity index (χ0) is 13.2. The first-order valence-corrected chi connectivity index (χ1v) is 7.67. The molecule has 1 aromatic heterocycles. The minimum absolute atomic E-state index is 0.771. The highest BCUT2D eigenvalue weighted by atomic mass is 79.9. The van der Waals surface area contributed by atoms with Crippen molar-refractivity contribution in [2.45, 2.75) is 19.3 Å². The van der Waals surface area contributed by atoms with Gasteiger partial charge in [0.05, 0.1) is 7.11 Å². The van der Waals surface area contributed by atoms with Crippen LogP contribution in [0.3, 0.4) is 0 Å². The third kappa shape index (κ3) is 2.70. The third-order valence-corrected chi connectivity index (χ3v) is 4.91. The van der Waals surface area contributed by atoms with Gasteiger partial charge in [-0.15, -0.1) is 0 Å². The molecule has 4 heteroatoms. The molecule has 3 rings (SSSR count). The normalized spacial score (nSPS) is 26.5. The number of pyridine rings is 1. The fourth-order valence-corrected chi connectivity index (χ4v) is 3.55. The summed E-state index contributed by atoms with van der Waals surface area (Å²) in [5, 5.41) is 3.51. The smallest absolute Gasteiger partial charge is 0.152 e. The minimum Gasteiger partial charge on any atom is -0.494 e. The Morgan fingerprint density at radius 3 is 3.16 bits per heavy atom. The van der Waals surface area contributed by atoms with Crippen LogP contribution in [-0.4, -0.2) is 25.2 Å². The number of fused-ring (bicyclic) bond motifs is 1. The molecular formula is C15H19BrN2O. The maximum atomic E-state index is 5.33. The topological polar surface area (TPSA) is 34.1 Å². The molecule has 0 spiro atoms. The lowest BCUT2D eigenvalue weighted by atomic mass is 9.75. The largest absolute Gasteiger partial charge is 0.494 e. The Morgan fingerprint density at radius 2 is 2.32 bits per heavy atom. The molecule has 0 saturated carbocycles. The molecule has 1 aromatic rings. The van der Waals surface area contributed by atoms with Crippen LogP contribution in [0.4, 0.5) is 0 Å². The number of piperidine rings is 1. The Hall–Kier alpha value is -0.870. The molecule has 1 aliphatic heterocycles. The lowest BCUT2D eigenvalue weighted by Gasteiger charge is -2.35. The Labute approximate surface area is 122 Å². The van der Waals surface area contributed by atoms with Gasteiger partial charge < -0.3 is 10.1 Å². The van der Waals surface area contributed by atoms with Gasteiger partial charge >= 0.3 is 0 Å². The minimum atomic E-state index is 0.771. The molecule has 19 heavy (non-hydrogen) atoms. The first-order chi connectivity index (χ1) is 9.28. The van der Waals surface area contributed by atoms with Crippen LogP contribution in [0.15, 0.2) is 22.9 Å². The van der Waals surface area contributed by atoms with Crippen molar-refractivity contribution >= 4 is 21.5 Å². The van der Waals surface area contributed by atoms with E-state index in [1.165, 1.54) is 30.5 Å². The van der Waals surface area contributed by atoms with Crippen LogP contribution < -0.4 is 10.1 Å². The summed E-state index contributed by atoms with van der Waals surface area (Å²) < 4.78 is 6.10. The van der Waals surface area contributed by atoms with E-state index in [0.717, 1.165) is 35.2 Å². The highest BCUT2D eigenvalue weighted by molar-refractivity contribution is 9.10. The fraction of sp³-hybridized carbons (Fsp3) is 0.533. The number of nitrogens with one attached hydrogen (secondary N) is 1. The van der Waals surface area contributed by atoms with E-state index in [-0.39, 0.29) is 0 Å². The maximum absolute atomic E-state index is 5.33. The number of hydrogen-bond acceptors (Lipinski definition) is 3. The van der Waals surface area contributed by atoms with Gasteiger partial charge in [0.1, 0.15) is 4.60 Å². The summed E-state index contributed by atoms with van der Waals surface area (Å²) >= 11 is 3.40. The number of methoxy groups -OCH3 is 1. The molecule has 1 fully saturated rings. The van der Waals surface area contributed by atoms with Gasteiger partial charge in [0, 0.05) is 6.20 Å². The van der Waals surface area contributed by atoms with Gasteiger partial charge in [-0.2, -0.15) is 0 Å². The van der Waals surface area contributed by atoms with Crippen LogP contribution in [0, 0.1) is 11.8 Å². The fourth-order valence-electron chi connectivity index (χ4n) is 3.17. The van der Waals surface area contributed by atoms with E-state index in [2.05, 4.69) is 38.4 Å². The van der Waals surface area contributed by atoms with Crippen LogP contribution in [0.2, 0.25) is 0 Å². The van der Waals surface area contributed by atoms with Gasteiger partial charge in [0.25, 0.3) is 0 Å². The molecule has 2 aliphatic rings. The van der Waals surface area contributed by atoms with Crippen molar-refractivity contribution in [2.24, 2.45) is 11.8 Å². The number of ether oxygens (including phenoxy) is 1. The van der Waals surface area contributed by atoms with Gasteiger partial charge in [-0.25, -0.2) is 4.98 Å². The van der Waals surface area contributed by atoms with Crippen molar-refractivity contribution in [1.29, 1.82) is 0 Å². The van der Waals surface area contributed by atoms with Crippen LogP contribution in [-0.2, 0) is 0 Å². The van der Waals surface area contributed by atoms with Crippen molar-refractivity contribution in [3.05, 3.63) is 28.5 Å². The molecule has 0 aromatic carbocycles. The second-order valence-corrected chi connectivity index (χ2v) is 6.15. The first kappa shape index (κ1) is 13.1. The van der Waals surface area contributed by atoms with Crippen LogP contribution in [0.5, 0.6) is 5.75 Å². The number of hydrogen-bond donors (Lipinski definition) is 1. The van der Waals surface area contributed by atoms with Gasteiger partial charge in [0.2, 0.25) is 0 Å². The van der Waals surface area contributed by atoms with E-state index in [0.29, 0.717) is 0 Å². The highest BCUT2D eigenvalue weighted by Crippen LogP contribution is 2.38. The van der Waals surface area contributed by atoms with Crippen LogP contribution >= 0.6 is 15.9 Å². The summed E-state index contributed by atoms with van der Waals surface area (Å²) in [7, 11) is 1.68. The van der Waals surface area contributed by atoms with E-state index < -0.39 is 0 Å². The Balaban J connectivity index is 1.84. The second kappa shape index (κ2) is 5.63. The average molecular weight is 323 g/mol. The quantitative estimate of drug-likeness (QED) is 0.849. The standard InChI is InChI=1S/C15H19BrN2O/c1-19-14-7-13(9-18-15(14)16)11-3-2-10-4-5-17-8-12(10)6-11/h3,7,9-10,12,17H,2,4-6,8H2,1H3. The molecule has 2 heterocycles. The predicted molar refractivity (Wildman–Crippen MR) is 80.2 cm³/mol. The van der Waals surface area contributed by atoms with Gasteiger partial charge in [-0.1, -0.05) is 6.08 Å². The van der Waals surface area contributed by atoms with Gasteiger partial charge in [-0.05, 0) is 77.3 Å². The van der Waals surface area contributed by atoms with Gasteiger partial charge in [-0.3, -0.25) is 0 Å². The third-order valence-electron chi connectivity index (χ3n) is 4.31. The number of allylic oxidation sites excluding steroid dienone is 2. The lowest BCUT2D eigenvalue weighted by Crippen LogP contribution is -2.37. The molecule has 0 radical (unpaired) electrons. The Kier molecular flexibility index (Phi) is 3.89. The van der Waals surface area contributed by atoms with E-state index in [4.69, 9.17) is 4.74 Å². The molecule has 102 valence electrons. The van der Waals surface area contributed by atoms with Gasteiger partial charge in [0.15, 0.2) is 5.75 Å². The monoisotopic (exact) mass is 322 g/mol. The van der Waals surface area contributed by atoms with E-state index in [1.807, 2.05) is 6.20 Å². The van der Waals surface area contributed by atoms with E-state index in [9.17, 15) is 0 Å². The molecule has 2 atom stereocenters. The Bertz CT molecular complexity index is 501. The first-order valence-electron chi connectivity index (χ1n) is 6.87. The number of rotatable bonds is 2. The summed E-state index contributed by atoms with van der Waals surface area (Å²) in [5.74, 6) is 2.46. The molecule has 3 nitrogen and oxygen atoms in total. The average Bonchev–Trinajstić information content (AvgIpc) is 2.47. The van der Waals surface area contributed by atoms with Crippen molar-refractivity contribution in [1.82, 2.24) is 10.3 Å². The molecule has 2 unspecified atom stereocenters. The maximum Gasteiger partial charge on any atom is 0.152 e. The zero-order valence-electron chi connectivity index (χ0n) is 11.2. The SMILES string of the molecule is COc1cc(C2=CCC3CCNCC3C2)cnc1Br. The summed E-state index contributed by atoms with van der Waals surface area (Å²) in [6, 6.07) is 2.08. The van der Waals surface area contributed by atoms with Crippen molar-refractivity contribution in [3.8, 4) is 5.75 Å². The zero-order valence-corrected chi connectivity index (χ0v) is 12.7. The Morgan fingerprint density at radius 1 is 1.42 bits per heavy atom. The van der Waals surface area contributed by atoms with Crippen LogP contribution in [0.1, 0.15) is 24.8 Å². The second-order valence-electron chi connectivity index (χ2n) is 5.40. The molecule has 1 saturated heterocycles. The lowest BCUT2D eigenvalue weighted by molar-refractivity contribution is 0.252. The van der Waals surface area contributed by atoms with E-state index in [1.54, 1.807) is 7.11 Å². The summed E-state index contributed by atoms with van der Waals surface area (Å²) in [4.78, 5) is 4.36. The number of nitrogens with zero attached hydrogens (tertiary/aromatic N) is 1. The predicted octanol–water partition coefficient (Wildman–Crippen LogP) is 3.26. The van der Waals surface area contributed by atoms with Crippen molar-refractivity contribution in [2.75, 3.05) is 20.2 Å². The van der Waals surface area contributed by atoms with Crippen molar-refractivity contribution in [3.63, 3.8) is 0 Å². The molecule has 0 amide bonds. The summed E-state index contributed by atoms with van der Waals surface area (Å²) in [6.07, 6.45) is 8.02. The molecule has 1 N–H and O–H groups in total. The van der Waals surface area contributed by atoms with Crippen LogP contribution in [0.25, 0.3) is 5.57 Å². The number of aromatic nitrogens is 1. The van der Waals surface area contributed by atoms with E-state index >= 15 is 0 Å². The molecule has 0 bridgehead atoms.